The number of piperidine rings is 1. The molecular formula is C14H19N5O. The number of carbonyl (C=O) groups is 1. The minimum Gasteiger partial charge on any atom is -0.354 e. The molecule has 0 aliphatic carbocycles. The van der Waals surface area contributed by atoms with Crippen LogP contribution in [0, 0.1) is 6.92 Å². The summed E-state index contributed by atoms with van der Waals surface area (Å²) < 4.78 is 4.02. The molecule has 1 fully saturated rings. The van der Waals surface area contributed by atoms with E-state index in [1.54, 1.807) is 12.7 Å². The minimum atomic E-state index is 0.144. The van der Waals surface area contributed by atoms with Gasteiger partial charge in [-0.25, -0.2) is 0 Å². The van der Waals surface area contributed by atoms with E-state index in [1.807, 2.05) is 40.3 Å². The Bertz CT molecular complexity index is 593. The molecule has 0 aromatic carbocycles. The van der Waals surface area contributed by atoms with E-state index in [2.05, 4.69) is 10.2 Å². The molecule has 20 heavy (non-hydrogen) atoms. The quantitative estimate of drug-likeness (QED) is 0.831. The van der Waals surface area contributed by atoms with Gasteiger partial charge in [-0.2, -0.15) is 0 Å². The molecule has 1 saturated heterocycles. The van der Waals surface area contributed by atoms with E-state index in [-0.39, 0.29) is 5.91 Å². The zero-order valence-corrected chi connectivity index (χ0v) is 11.9. The Hall–Kier alpha value is -2.11. The van der Waals surface area contributed by atoms with Gasteiger partial charge in [-0.05, 0) is 25.8 Å². The molecule has 0 bridgehead atoms. The summed E-state index contributed by atoms with van der Waals surface area (Å²) in [5.74, 6) is 0.144. The van der Waals surface area contributed by atoms with Crippen LogP contribution in [0.5, 0.6) is 0 Å². The van der Waals surface area contributed by atoms with Crippen molar-refractivity contribution in [3.8, 4) is 0 Å². The smallest absolute Gasteiger partial charge is 0.255 e. The van der Waals surface area contributed by atoms with Crippen molar-refractivity contribution in [2.45, 2.75) is 25.8 Å². The zero-order chi connectivity index (χ0) is 14.1. The van der Waals surface area contributed by atoms with Crippen molar-refractivity contribution in [3.05, 3.63) is 36.2 Å². The number of aromatic nitrogens is 4. The van der Waals surface area contributed by atoms with Crippen LogP contribution in [0.4, 0.5) is 0 Å². The standard InChI is InChI=1S/C14H19N5O/c1-11-13(5-6-17(11)2)14(20)18-7-3-12(4-8-18)19-9-15-16-10-19/h5-6,9-10,12H,3-4,7-8H2,1-2H3. The average molecular weight is 273 g/mol. The molecule has 2 aromatic rings. The first-order valence-electron chi connectivity index (χ1n) is 6.92. The van der Waals surface area contributed by atoms with Gasteiger partial charge >= 0.3 is 0 Å². The van der Waals surface area contributed by atoms with Crippen LogP contribution in [0.25, 0.3) is 0 Å². The Morgan fingerprint density at radius 2 is 1.90 bits per heavy atom. The monoisotopic (exact) mass is 273 g/mol. The number of likely N-dealkylation sites (tertiary alicyclic amines) is 1. The highest BCUT2D eigenvalue weighted by molar-refractivity contribution is 5.95. The SMILES string of the molecule is Cc1c(C(=O)N2CCC(n3cnnc3)CC2)ccn1C. The van der Waals surface area contributed by atoms with E-state index in [1.165, 1.54) is 0 Å². The van der Waals surface area contributed by atoms with Crippen LogP contribution in [-0.2, 0) is 7.05 Å². The van der Waals surface area contributed by atoms with Gasteiger partial charge in [-0.15, -0.1) is 10.2 Å². The fourth-order valence-electron chi connectivity index (χ4n) is 2.77. The van der Waals surface area contributed by atoms with Crippen molar-refractivity contribution in [2.24, 2.45) is 7.05 Å². The summed E-state index contributed by atoms with van der Waals surface area (Å²) in [5.41, 5.74) is 1.84. The van der Waals surface area contributed by atoms with Gasteiger partial charge in [0.05, 0.1) is 5.56 Å². The third-order valence-corrected chi connectivity index (χ3v) is 4.22. The topological polar surface area (TPSA) is 56.0 Å². The molecule has 0 N–H and O–H groups in total. The summed E-state index contributed by atoms with van der Waals surface area (Å²) in [4.78, 5) is 14.5. The summed E-state index contributed by atoms with van der Waals surface area (Å²) in [5, 5.41) is 7.69. The lowest BCUT2D eigenvalue weighted by atomic mass is 10.0. The molecule has 6 nitrogen and oxygen atoms in total. The summed E-state index contributed by atoms with van der Waals surface area (Å²) in [6, 6.07) is 2.31. The average Bonchev–Trinajstić information content (AvgIpc) is 3.10. The molecule has 0 spiro atoms. The number of hydrogen-bond acceptors (Lipinski definition) is 3. The summed E-state index contributed by atoms with van der Waals surface area (Å²) in [7, 11) is 1.96. The highest BCUT2D eigenvalue weighted by Crippen LogP contribution is 2.23. The maximum absolute atomic E-state index is 12.5. The molecule has 0 saturated carbocycles. The Kier molecular flexibility index (Phi) is 3.30. The first-order valence-corrected chi connectivity index (χ1v) is 6.92. The van der Waals surface area contributed by atoms with Crippen LogP contribution in [0.1, 0.15) is 34.9 Å². The van der Waals surface area contributed by atoms with Crippen LogP contribution in [-0.4, -0.2) is 43.2 Å². The maximum atomic E-state index is 12.5. The molecule has 0 unspecified atom stereocenters. The summed E-state index contributed by atoms with van der Waals surface area (Å²) in [6.07, 6.45) is 7.35. The fraction of sp³-hybridized carbons (Fsp3) is 0.500. The third kappa shape index (κ3) is 2.21. The van der Waals surface area contributed by atoms with Gasteiger partial charge < -0.3 is 14.0 Å². The van der Waals surface area contributed by atoms with Crippen molar-refractivity contribution in [1.82, 2.24) is 24.2 Å². The Morgan fingerprint density at radius 3 is 2.45 bits per heavy atom. The second kappa shape index (κ2) is 5.11. The number of hydrogen-bond donors (Lipinski definition) is 0. The molecule has 0 atom stereocenters. The second-order valence-electron chi connectivity index (χ2n) is 5.36. The van der Waals surface area contributed by atoms with Crippen LogP contribution < -0.4 is 0 Å². The normalized spacial score (nSPS) is 16.6. The van der Waals surface area contributed by atoms with Crippen molar-refractivity contribution >= 4 is 5.91 Å². The van der Waals surface area contributed by atoms with Crippen molar-refractivity contribution in [1.29, 1.82) is 0 Å². The van der Waals surface area contributed by atoms with Crippen molar-refractivity contribution in [2.75, 3.05) is 13.1 Å². The number of aryl methyl sites for hydroxylation is 1. The predicted molar refractivity (Wildman–Crippen MR) is 74.3 cm³/mol. The van der Waals surface area contributed by atoms with Crippen molar-refractivity contribution < 1.29 is 4.79 Å². The highest BCUT2D eigenvalue weighted by Gasteiger charge is 2.25. The molecule has 0 radical (unpaired) electrons. The molecule has 1 aliphatic rings. The predicted octanol–water partition coefficient (Wildman–Crippen LogP) is 1.40. The number of rotatable bonds is 2. The van der Waals surface area contributed by atoms with E-state index < -0.39 is 0 Å². The van der Waals surface area contributed by atoms with Gasteiger partial charge in [-0.1, -0.05) is 0 Å². The van der Waals surface area contributed by atoms with E-state index in [0.717, 1.165) is 37.2 Å². The van der Waals surface area contributed by atoms with E-state index >= 15 is 0 Å². The third-order valence-electron chi connectivity index (χ3n) is 4.22. The maximum Gasteiger partial charge on any atom is 0.255 e. The highest BCUT2D eigenvalue weighted by atomic mass is 16.2. The molecular weight excluding hydrogens is 254 g/mol. The Labute approximate surface area is 118 Å². The number of nitrogens with zero attached hydrogens (tertiary/aromatic N) is 5. The van der Waals surface area contributed by atoms with Gasteiger partial charge in [0, 0.05) is 38.1 Å². The molecule has 3 heterocycles. The Morgan fingerprint density at radius 1 is 1.25 bits per heavy atom. The summed E-state index contributed by atoms with van der Waals surface area (Å²) in [6.45, 7) is 3.56. The van der Waals surface area contributed by atoms with Gasteiger partial charge in [-0.3, -0.25) is 4.79 Å². The van der Waals surface area contributed by atoms with Crippen molar-refractivity contribution in [3.63, 3.8) is 0 Å². The summed E-state index contributed by atoms with van der Waals surface area (Å²) >= 11 is 0. The molecule has 2 aromatic heterocycles. The molecule has 1 aliphatic heterocycles. The first kappa shape index (κ1) is 12.9. The molecule has 6 heteroatoms. The first-order chi connectivity index (χ1) is 9.66. The minimum absolute atomic E-state index is 0.144. The largest absolute Gasteiger partial charge is 0.354 e. The lowest BCUT2D eigenvalue weighted by Crippen LogP contribution is -2.39. The number of carbonyl (C=O) groups excluding carboxylic acids is 1. The molecule has 106 valence electrons. The fourth-order valence-corrected chi connectivity index (χ4v) is 2.77. The van der Waals surface area contributed by atoms with Gasteiger partial charge in [0.2, 0.25) is 0 Å². The zero-order valence-electron chi connectivity index (χ0n) is 11.9. The lowest BCUT2D eigenvalue weighted by Gasteiger charge is -2.32. The van der Waals surface area contributed by atoms with E-state index in [0.29, 0.717) is 6.04 Å². The van der Waals surface area contributed by atoms with Crippen LogP contribution in [0.3, 0.4) is 0 Å². The van der Waals surface area contributed by atoms with Gasteiger partial charge in [0.1, 0.15) is 12.7 Å². The van der Waals surface area contributed by atoms with Gasteiger partial charge in [0.15, 0.2) is 0 Å². The molecule has 3 rings (SSSR count). The van der Waals surface area contributed by atoms with Crippen LogP contribution >= 0.6 is 0 Å². The van der Waals surface area contributed by atoms with E-state index in [4.69, 9.17) is 0 Å². The van der Waals surface area contributed by atoms with E-state index in [9.17, 15) is 4.79 Å². The Balaban J connectivity index is 1.66. The molecule has 1 amide bonds. The van der Waals surface area contributed by atoms with Crippen LogP contribution in [0.15, 0.2) is 24.9 Å². The van der Waals surface area contributed by atoms with Crippen LogP contribution in [0.2, 0.25) is 0 Å². The second-order valence-corrected chi connectivity index (χ2v) is 5.36. The van der Waals surface area contributed by atoms with Gasteiger partial charge in [0.25, 0.3) is 5.91 Å². The lowest BCUT2D eigenvalue weighted by molar-refractivity contribution is 0.0693. The number of amides is 1.